The number of ether oxygens (including phenoxy) is 1. The summed E-state index contributed by atoms with van der Waals surface area (Å²) in [6, 6.07) is 1.06. The number of carbonyl (C=O) groups is 1. The minimum absolute atomic E-state index is 0.122. The highest BCUT2D eigenvalue weighted by atomic mass is 28.4. The van der Waals surface area contributed by atoms with Gasteiger partial charge in [0.05, 0.1) is 0 Å². The molecule has 0 aromatic carbocycles. The fraction of sp³-hybridized carbons (Fsp3) is 0.800. The number of hydrogen-bond acceptors (Lipinski definition) is 4. The molecular formula is C15H29O5Si. The Balaban J connectivity index is 0.000000567. The molecule has 0 aromatic rings. The van der Waals surface area contributed by atoms with Crippen LogP contribution in [0.3, 0.4) is 0 Å². The summed E-state index contributed by atoms with van der Waals surface area (Å²) in [4.78, 5) is 9.40. The van der Waals surface area contributed by atoms with Gasteiger partial charge in [-0.05, 0) is 25.8 Å². The van der Waals surface area contributed by atoms with E-state index in [9.17, 15) is 9.90 Å². The molecule has 0 N–H and O–H groups in total. The summed E-state index contributed by atoms with van der Waals surface area (Å²) in [5.74, 6) is -1.14. The van der Waals surface area contributed by atoms with E-state index in [1.54, 1.807) is 28.3 Å². The van der Waals surface area contributed by atoms with Crippen molar-refractivity contribution >= 4 is 14.5 Å². The molecule has 1 rings (SSSR count). The lowest BCUT2D eigenvalue weighted by molar-refractivity contribution is -0.137. The fourth-order valence-corrected chi connectivity index (χ4v) is 7.05. The number of allylic oxidation sites excluding steroid dienone is 1. The zero-order valence-electron chi connectivity index (χ0n) is 13.9. The van der Waals surface area contributed by atoms with Gasteiger partial charge < -0.3 is 13.6 Å². The molecule has 5 nitrogen and oxygen atoms in total. The van der Waals surface area contributed by atoms with Crippen molar-refractivity contribution in [3.05, 3.63) is 12.2 Å². The molecule has 0 spiro atoms. The van der Waals surface area contributed by atoms with Gasteiger partial charge in [-0.3, -0.25) is 0 Å². The van der Waals surface area contributed by atoms with E-state index < -0.39 is 14.5 Å². The van der Waals surface area contributed by atoms with Crippen LogP contribution in [0, 0.1) is 0 Å². The molecule has 0 aliphatic carbocycles. The minimum Gasteiger partial charge on any atom is -0.396 e. The molecule has 1 heterocycles. The number of carbonyl (C=O) groups excluding carboxylic acids is 1. The van der Waals surface area contributed by atoms with Crippen molar-refractivity contribution in [2.75, 3.05) is 21.3 Å². The van der Waals surface area contributed by atoms with E-state index in [2.05, 4.69) is 6.92 Å². The van der Waals surface area contributed by atoms with E-state index in [1.807, 2.05) is 0 Å². The normalized spacial score (nSPS) is 24.4. The Labute approximate surface area is 129 Å². The van der Waals surface area contributed by atoms with Crippen LogP contribution >= 0.6 is 0 Å². The van der Waals surface area contributed by atoms with Gasteiger partial charge in [0.15, 0.2) is 0 Å². The van der Waals surface area contributed by atoms with Gasteiger partial charge in [-0.2, -0.15) is 0 Å². The first-order valence-corrected chi connectivity index (χ1v) is 9.49. The zero-order valence-corrected chi connectivity index (χ0v) is 14.9. The van der Waals surface area contributed by atoms with Gasteiger partial charge >= 0.3 is 14.5 Å². The summed E-state index contributed by atoms with van der Waals surface area (Å²) in [6.45, 7) is 3.82. The smallest absolute Gasteiger partial charge is 0.378 e. The number of methoxy groups -OCH3 is 1. The first-order valence-electron chi connectivity index (χ1n) is 7.46. The van der Waals surface area contributed by atoms with Crippen molar-refractivity contribution in [3.63, 3.8) is 0 Å². The molecule has 0 amide bonds. The maximum absolute atomic E-state index is 9.40. The molecule has 1 saturated heterocycles. The predicted molar refractivity (Wildman–Crippen MR) is 83.6 cm³/mol. The third kappa shape index (κ3) is 5.21. The first kappa shape index (κ1) is 20.3. The Kier molecular flexibility index (Phi) is 9.77. The Bertz CT molecular complexity index is 324. The van der Waals surface area contributed by atoms with E-state index in [0.29, 0.717) is 0 Å². The molecule has 1 aliphatic heterocycles. The van der Waals surface area contributed by atoms with Crippen LogP contribution in [0.1, 0.15) is 46.0 Å². The Hall–Kier alpha value is -0.693. The summed E-state index contributed by atoms with van der Waals surface area (Å²) in [7, 11) is 3.22. The summed E-state index contributed by atoms with van der Waals surface area (Å²) in [6.07, 6.45) is 8.09. The molecule has 1 unspecified atom stereocenters. The quantitative estimate of drug-likeness (QED) is 0.557. The Morgan fingerprint density at radius 3 is 2.19 bits per heavy atom. The summed E-state index contributed by atoms with van der Waals surface area (Å²) >= 11 is 0. The molecule has 123 valence electrons. The van der Waals surface area contributed by atoms with Crippen molar-refractivity contribution in [2.24, 2.45) is 0 Å². The van der Waals surface area contributed by atoms with Crippen LogP contribution in [0.15, 0.2) is 12.2 Å². The van der Waals surface area contributed by atoms with Gasteiger partial charge in [-0.25, -0.2) is 9.90 Å². The van der Waals surface area contributed by atoms with E-state index in [1.165, 1.54) is 18.9 Å². The van der Waals surface area contributed by atoms with Crippen molar-refractivity contribution in [1.29, 1.82) is 0 Å². The van der Waals surface area contributed by atoms with Gasteiger partial charge in [-0.15, -0.1) is 0 Å². The van der Waals surface area contributed by atoms with E-state index in [4.69, 9.17) is 13.6 Å². The molecule has 1 aliphatic rings. The summed E-state index contributed by atoms with van der Waals surface area (Å²) in [5.41, 5.74) is 0. The number of rotatable bonds is 6. The van der Waals surface area contributed by atoms with Crippen LogP contribution in [0.4, 0.5) is 0 Å². The van der Waals surface area contributed by atoms with Crippen molar-refractivity contribution < 1.29 is 23.5 Å². The van der Waals surface area contributed by atoms with Crippen molar-refractivity contribution in [3.8, 4) is 0 Å². The zero-order chi connectivity index (χ0) is 16.4. The minimum atomic E-state index is -2.15. The van der Waals surface area contributed by atoms with E-state index in [0.717, 1.165) is 31.4 Å². The lowest BCUT2D eigenvalue weighted by Gasteiger charge is -2.47. The van der Waals surface area contributed by atoms with Crippen LogP contribution in [0.2, 0.25) is 6.04 Å². The molecule has 0 bridgehead atoms. The van der Waals surface area contributed by atoms with Crippen molar-refractivity contribution in [1.82, 2.24) is 0 Å². The maximum atomic E-state index is 9.40. The lowest BCUT2D eigenvalue weighted by Crippen LogP contribution is -2.64. The second-order valence-corrected chi connectivity index (χ2v) is 8.87. The van der Waals surface area contributed by atoms with Gasteiger partial charge in [0.25, 0.3) is 0 Å². The summed E-state index contributed by atoms with van der Waals surface area (Å²) < 4.78 is 17.4. The SMILES string of the molecule is CC=CC([O])=O.CCCC1(OC)CCCC[Si]1(OC)OC. The fourth-order valence-electron chi connectivity index (χ4n) is 3.06. The lowest BCUT2D eigenvalue weighted by atomic mass is 10.1. The highest BCUT2D eigenvalue weighted by molar-refractivity contribution is 6.70. The molecule has 21 heavy (non-hydrogen) atoms. The Morgan fingerprint density at radius 1 is 1.24 bits per heavy atom. The average Bonchev–Trinajstić information content (AvgIpc) is 2.48. The van der Waals surface area contributed by atoms with E-state index >= 15 is 0 Å². The molecule has 1 fully saturated rings. The standard InChI is InChI=1S/C11H24O3Si.C4H5O2/c1-5-8-11(12-2)9-6-7-10-15(11,13-3)14-4;1-2-3-4(5)6/h5-10H2,1-4H3;2-3H,1H3. The molecule has 1 atom stereocenters. The van der Waals surface area contributed by atoms with Gasteiger partial charge in [-0.1, -0.05) is 32.3 Å². The van der Waals surface area contributed by atoms with Crippen LogP contribution in [0.5, 0.6) is 0 Å². The Morgan fingerprint density at radius 2 is 1.86 bits per heavy atom. The van der Waals surface area contributed by atoms with Gasteiger partial charge in [0.1, 0.15) is 5.22 Å². The topological polar surface area (TPSA) is 64.7 Å². The largest absolute Gasteiger partial charge is 0.396 e. The average molecular weight is 317 g/mol. The summed E-state index contributed by atoms with van der Waals surface area (Å²) in [5, 5.41) is 9.28. The second-order valence-electron chi connectivity index (χ2n) is 5.14. The molecular weight excluding hydrogens is 288 g/mol. The van der Waals surface area contributed by atoms with E-state index in [-0.39, 0.29) is 5.22 Å². The van der Waals surface area contributed by atoms with Crippen LogP contribution < -0.4 is 0 Å². The predicted octanol–water partition coefficient (Wildman–Crippen LogP) is 3.15. The van der Waals surface area contributed by atoms with Gasteiger partial charge in [0, 0.05) is 27.4 Å². The van der Waals surface area contributed by atoms with Gasteiger partial charge in [0.2, 0.25) is 0 Å². The molecule has 1 radical (unpaired) electrons. The third-order valence-corrected chi connectivity index (χ3v) is 8.46. The monoisotopic (exact) mass is 317 g/mol. The third-order valence-electron chi connectivity index (χ3n) is 4.04. The van der Waals surface area contributed by atoms with Crippen LogP contribution in [-0.2, 0) is 23.5 Å². The maximum Gasteiger partial charge on any atom is 0.378 e. The first-order chi connectivity index (χ1) is 9.97. The highest BCUT2D eigenvalue weighted by Crippen LogP contribution is 2.42. The second kappa shape index (κ2) is 10.1. The number of hydrogen-bond donors (Lipinski definition) is 0. The van der Waals surface area contributed by atoms with Crippen LogP contribution in [0.25, 0.3) is 0 Å². The van der Waals surface area contributed by atoms with Crippen LogP contribution in [-0.4, -0.2) is 41.1 Å². The highest BCUT2D eigenvalue weighted by Gasteiger charge is 2.58. The molecule has 6 heteroatoms. The molecule has 0 saturated carbocycles. The molecule has 0 aromatic heterocycles. The van der Waals surface area contributed by atoms with Crippen molar-refractivity contribution in [2.45, 2.75) is 57.2 Å².